The summed E-state index contributed by atoms with van der Waals surface area (Å²) in [6.45, 7) is 5.11. The maximum absolute atomic E-state index is 6.82. The fourth-order valence-electron chi connectivity index (χ4n) is 11.3. The number of anilines is 3. The SMILES string of the molecule is C[Si]1(C)c2ccccc2C2(c3ccccc3-c3cccc4cccc2c34)c2ccc(N(c3ccc4c(c3)oc3c5ccccc5ccc43)c3cccc4ccccc34)cc21. The minimum absolute atomic E-state index is 0.488. The van der Waals surface area contributed by atoms with Crippen LogP contribution in [0.1, 0.15) is 22.3 Å². The van der Waals surface area contributed by atoms with Crippen molar-refractivity contribution in [3.8, 4) is 11.1 Å². The van der Waals surface area contributed by atoms with Crippen LogP contribution < -0.4 is 15.3 Å². The first-order chi connectivity index (χ1) is 29.5. The number of rotatable bonds is 3. The molecule has 0 fully saturated rings. The summed E-state index contributed by atoms with van der Waals surface area (Å²) in [5.41, 5.74) is 12.9. The topological polar surface area (TPSA) is 16.4 Å². The molecule has 3 heteroatoms. The summed E-state index contributed by atoms with van der Waals surface area (Å²) in [7, 11) is -2.31. The molecule has 1 aliphatic carbocycles. The van der Waals surface area contributed by atoms with Crippen molar-refractivity contribution in [3.05, 3.63) is 222 Å². The maximum Gasteiger partial charge on any atom is 0.143 e. The zero-order valence-corrected chi connectivity index (χ0v) is 34.4. The van der Waals surface area contributed by atoms with Crippen molar-refractivity contribution >= 4 is 89.8 Å². The summed E-state index contributed by atoms with van der Waals surface area (Å²) in [4.78, 5) is 2.47. The highest BCUT2D eigenvalue weighted by atomic mass is 28.3. The van der Waals surface area contributed by atoms with E-state index in [4.69, 9.17) is 4.42 Å². The van der Waals surface area contributed by atoms with E-state index in [9.17, 15) is 0 Å². The lowest BCUT2D eigenvalue weighted by Gasteiger charge is -2.50. The van der Waals surface area contributed by atoms with Crippen LogP contribution in [0.25, 0.3) is 65.4 Å². The van der Waals surface area contributed by atoms with Gasteiger partial charge in [-0.15, -0.1) is 0 Å². The second-order valence-corrected chi connectivity index (χ2v) is 21.5. The number of fused-ring (bicyclic) bond motifs is 14. The molecule has 11 aromatic rings. The van der Waals surface area contributed by atoms with E-state index in [2.05, 4.69) is 218 Å². The molecule has 1 aliphatic heterocycles. The van der Waals surface area contributed by atoms with E-state index >= 15 is 0 Å². The van der Waals surface area contributed by atoms with E-state index in [0.717, 1.165) is 44.4 Å². The summed E-state index contributed by atoms with van der Waals surface area (Å²) in [5.74, 6) is 0. The summed E-state index contributed by atoms with van der Waals surface area (Å²) in [6.07, 6.45) is 0. The van der Waals surface area contributed by atoms with Crippen molar-refractivity contribution in [3.63, 3.8) is 0 Å². The number of furan rings is 1. The predicted octanol–water partition coefficient (Wildman–Crippen LogP) is 14.0. The van der Waals surface area contributed by atoms with Crippen LogP contribution >= 0.6 is 0 Å². The van der Waals surface area contributed by atoms with Crippen LogP contribution in [0.4, 0.5) is 17.1 Å². The van der Waals surface area contributed by atoms with Crippen LogP contribution in [-0.4, -0.2) is 8.07 Å². The molecule has 60 heavy (non-hydrogen) atoms. The van der Waals surface area contributed by atoms with Gasteiger partial charge in [-0.1, -0.05) is 171 Å². The largest absolute Gasteiger partial charge is 0.455 e. The number of benzene rings is 10. The zero-order chi connectivity index (χ0) is 39.7. The molecule has 2 heterocycles. The van der Waals surface area contributed by atoms with E-state index in [-0.39, 0.29) is 0 Å². The predicted molar refractivity (Wildman–Crippen MR) is 255 cm³/mol. The normalized spacial score (nSPS) is 16.0. The summed E-state index contributed by atoms with van der Waals surface area (Å²) < 4.78 is 6.82. The molecule has 13 rings (SSSR count). The smallest absolute Gasteiger partial charge is 0.143 e. The van der Waals surface area contributed by atoms with Gasteiger partial charge >= 0.3 is 0 Å². The molecule has 0 saturated carbocycles. The van der Waals surface area contributed by atoms with E-state index in [1.54, 1.807) is 0 Å². The van der Waals surface area contributed by atoms with Gasteiger partial charge in [0.05, 0.1) is 11.1 Å². The van der Waals surface area contributed by atoms with Crippen LogP contribution in [0.2, 0.25) is 13.1 Å². The average molecular weight is 782 g/mol. The monoisotopic (exact) mass is 781 g/mol. The molecule has 1 spiro atoms. The lowest BCUT2D eigenvalue weighted by atomic mass is 9.59. The Balaban J connectivity index is 1.11. The first-order valence-electron chi connectivity index (χ1n) is 21.0. The first-order valence-corrected chi connectivity index (χ1v) is 24.0. The van der Waals surface area contributed by atoms with Gasteiger partial charge < -0.3 is 9.32 Å². The molecule has 0 radical (unpaired) electrons. The minimum atomic E-state index is -2.31. The van der Waals surface area contributed by atoms with E-state index in [1.165, 1.54) is 70.7 Å². The van der Waals surface area contributed by atoms with Crippen LogP contribution in [0.15, 0.2) is 205 Å². The highest BCUT2D eigenvalue weighted by Crippen LogP contribution is 2.56. The molecule has 2 nitrogen and oxygen atoms in total. The molecule has 0 saturated heterocycles. The van der Waals surface area contributed by atoms with Gasteiger partial charge in [-0.25, -0.2) is 0 Å². The lowest BCUT2D eigenvalue weighted by molar-refractivity contribution is 0.672. The molecular formula is C57H39NOSi. The van der Waals surface area contributed by atoms with Gasteiger partial charge in [-0.05, 0) is 102 Å². The van der Waals surface area contributed by atoms with Gasteiger partial charge in [0.25, 0.3) is 0 Å². The fourth-order valence-corrected chi connectivity index (χ4v) is 14.5. The Morgan fingerprint density at radius 2 is 1.02 bits per heavy atom. The second-order valence-electron chi connectivity index (χ2n) is 17.2. The van der Waals surface area contributed by atoms with Gasteiger partial charge in [0.1, 0.15) is 19.2 Å². The Morgan fingerprint density at radius 3 is 1.90 bits per heavy atom. The molecule has 1 unspecified atom stereocenters. The zero-order valence-electron chi connectivity index (χ0n) is 33.4. The van der Waals surface area contributed by atoms with Crippen LogP contribution in [-0.2, 0) is 5.41 Å². The minimum Gasteiger partial charge on any atom is -0.455 e. The Bertz CT molecular complexity index is 3600. The van der Waals surface area contributed by atoms with Crippen molar-refractivity contribution in [2.45, 2.75) is 18.5 Å². The number of hydrogen-bond donors (Lipinski definition) is 0. The van der Waals surface area contributed by atoms with Gasteiger partial charge in [0, 0.05) is 39.0 Å². The quantitative estimate of drug-likeness (QED) is 0.166. The van der Waals surface area contributed by atoms with Crippen molar-refractivity contribution in [1.82, 2.24) is 0 Å². The van der Waals surface area contributed by atoms with Crippen LogP contribution in [0.3, 0.4) is 0 Å². The Morgan fingerprint density at radius 1 is 0.417 bits per heavy atom. The number of hydrogen-bond acceptors (Lipinski definition) is 2. The van der Waals surface area contributed by atoms with Crippen molar-refractivity contribution in [2.24, 2.45) is 0 Å². The van der Waals surface area contributed by atoms with Crippen molar-refractivity contribution in [1.29, 1.82) is 0 Å². The second kappa shape index (κ2) is 12.2. The fraction of sp³-hybridized carbons (Fsp3) is 0.0526. The summed E-state index contributed by atoms with van der Waals surface area (Å²) in [6, 6.07) is 74.9. The molecule has 1 aromatic heterocycles. The lowest BCUT2D eigenvalue weighted by Crippen LogP contribution is -2.63. The van der Waals surface area contributed by atoms with Gasteiger partial charge in [0.15, 0.2) is 0 Å². The maximum atomic E-state index is 6.82. The average Bonchev–Trinajstić information content (AvgIpc) is 3.68. The standard InChI is InChI=1S/C57H39NOSi/c1-60(2)53-27-10-9-24-48(53)57(47-23-8-7-21-43(47)45-22-11-17-38-18-12-25-50(57)55(38)45)49-33-30-40(35-54(49)60)58(51-26-13-16-36-14-3-5-19-41(36)51)39-29-32-44-46-31-28-37-15-4-6-20-42(37)56(46)59-52(44)34-39/h3-35H,1-2H3. The molecule has 10 aromatic carbocycles. The Kier molecular flexibility index (Phi) is 6.84. The van der Waals surface area contributed by atoms with Crippen molar-refractivity contribution < 1.29 is 4.42 Å². The highest BCUT2D eigenvalue weighted by Gasteiger charge is 2.52. The third kappa shape index (κ3) is 4.37. The van der Waals surface area contributed by atoms with E-state index in [0.29, 0.717) is 0 Å². The first kappa shape index (κ1) is 33.7. The third-order valence-electron chi connectivity index (χ3n) is 13.9. The number of nitrogens with zero attached hydrogens (tertiary/aromatic N) is 1. The molecule has 282 valence electrons. The van der Waals surface area contributed by atoms with Crippen molar-refractivity contribution in [2.75, 3.05) is 4.90 Å². The highest BCUT2D eigenvalue weighted by molar-refractivity contribution is 7.01. The Labute approximate surface area is 349 Å². The van der Waals surface area contributed by atoms with Crippen LogP contribution in [0, 0.1) is 0 Å². The molecule has 0 bridgehead atoms. The molecule has 1 atom stereocenters. The van der Waals surface area contributed by atoms with E-state index in [1.807, 2.05) is 0 Å². The van der Waals surface area contributed by atoms with Gasteiger partial charge in [-0.2, -0.15) is 0 Å². The third-order valence-corrected chi connectivity index (χ3v) is 17.4. The molecule has 2 aliphatic rings. The summed E-state index contributed by atoms with van der Waals surface area (Å²) in [5, 5.41) is 12.6. The van der Waals surface area contributed by atoms with E-state index < -0.39 is 13.5 Å². The van der Waals surface area contributed by atoms with Gasteiger partial charge in [-0.3, -0.25) is 0 Å². The molecule has 0 amide bonds. The van der Waals surface area contributed by atoms with Gasteiger partial charge in [0.2, 0.25) is 0 Å². The summed E-state index contributed by atoms with van der Waals surface area (Å²) >= 11 is 0. The molecular weight excluding hydrogens is 743 g/mol. The Hall–Kier alpha value is -7.20. The van der Waals surface area contributed by atoms with Crippen LogP contribution in [0.5, 0.6) is 0 Å². The molecule has 0 N–H and O–H groups in total.